The van der Waals surface area contributed by atoms with Crippen LogP contribution in [0.3, 0.4) is 0 Å². The zero-order valence-electron chi connectivity index (χ0n) is 17.7. The molecule has 1 aromatic rings. The molecule has 3 aliphatic carbocycles. The fourth-order valence-corrected chi connectivity index (χ4v) is 6.12. The van der Waals surface area contributed by atoms with Crippen LogP contribution in [0, 0.1) is 11.8 Å². The fraction of sp³-hybridized carbons (Fsp3) is 0.708. The summed E-state index contributed by atoms with van der Waals surface area (Å²) < 4.78 is 5.58. The predicted octanol–water partition coefficient (Wildman–Crippen LogP) is 3.21. The van der Waals surface area contributed by atoms with E-state index in [2.05, 4.69) is 35.3 Å². The second-order valence-corrected chi connectivity index (χ2v) is 9.99. The van der Waals surface area contributed by atoms with Crippen LogP contribution in [-0.2, 0) is 16.6 Å². The number of nitrogens with zero attached hydrogens (tertiary/aromatic N) is 1. The third-order valence-electron chi connectivity index (χ3n) is 8.43. The first-order valence-corrected chi connectivity index (χ1v) is 11.4. The molecule has 1 saturated heterocycles. The number of likely N-dealkylation sites (tertiary alicyclic amines) is 1. The van der Waals surface area contributed by atoms with Gasteiger partial charge in [-0.2, -0.15) is 0 Å². The number of methoxy groups -OCH3 is 1. The summed E-state index contributed by atoms with van der Waals surface area (Å²) in [5.41, 5.74) is 2.37. The molecule has 0 radical (unpaired) electrons. The van der Waals surface area contributed by atoms with E-state index in [0.29, 0.717) is 12.0 Å². The van der Waals surface area contributed by atoms with Crippen LogP contribution < -0.4 is 10.1 Å². The number of aliphatic carboxylic acids is 1. The molecule has 5 heteroatoms. The Bertz CT molecular complexity index is 801. The van der Waals surface area contributed by atoms with Crippen LogP contribution in [0.2, 0.25) is 0 Å². The normalized spacial score (nSPS) is 32.5. The van der Waals surface area contributed by atoms with Gasteiger partial charge < -0.3 is 15.2 Å². The number of benzene rings is 1. The fourth-order valence-electron chi connectivity index (χ4n) is 6.12. The van der Waals surface area contributed by atoms with Crippen LogP contribution in [0.5, 0.6) is 5.75 Å². The van der Waals surface area contributed by atoms with Gasteiger partial charge in [0.05, 0.1) is 7.11 Å². The van der Waals surface area contributed by atoms with E-state index >= 15 is 0 Å². The maximum atomic E-state index is 11.6. The average Bonchev–Trinajstić information content (AvgIpc) is 3.62. The molecule has 2 bridgehead atoms. The monoisotopic (exact) mass is 398 g/mol. The van der Waals surface area contributed by atoms with Crippen molar-refractivity contribution in [2.24, 2.45) is 11.8 Å². The van der Waals surface area contributed by atoms with Gasteiger partial charge in [-0.15, -0.1) is 0 Å². The zero-order chi connectivity index (χ0) is 20.2. The van der Waals surface area contributed by atoms with Crippen molar-refractivity contribution in [2.75, 3.05) is 26.7 Å². The molecule has 2 saturated carbocycles. The summed E-state index contributed by atoms with van der Waals surface area (Å²) in [6.45, 7) is 5.63. The van der Waals surface area contributed by atoms with E-state index < -0.39 is 11.5 Å². The van der Waals surface area contributed by atoms with E-state index in [1.807, 2.05) is 0 Å². The molecule has 0 spiro atoms. The minimum Gasteiger partial charge on any atom is -0.497 e. The first-order chi connectivity index (χ1) is 14.0. The summed E-state index contributed by atoms with van der Waals surface area (Å²) >= 11 is 0. The quantitative estimate of drug-likeness (QED) is 0.704. The van der Waals surface area contributed by atoms with Crippen LogP contribution in [0.15, 0.2) is 18.2 Å². The van der Waals surface area contributed by atoms with E-state index in [-0.39, 0.29) is 5.41 Å². The highest BCUT2D eigenvalue weighted by atomic mass is 16.5. The van der Waals surface area contributed by atoms with E-state index in [1.165, 1.54) is 30.5 Å². The van der Waals surface area contributed by atoms with Gasteiger partial charge in [-0.3, -0.25) is 9.69 Å². The average molecular weight is 399 g/mol. The van der Waals surface area contributed by atoms with Gasteiger partial charge in [0.25, 0.3) is 0 Å². The molecule has 1 aliphatic heterocycles. The molecule has 29 heavy (non-hydrogen) atoms. The lowest BCUT2D eigenvalue weighted by molar-refractivity contribution is -0.140. The van der Waals surface area contributed by atoms with Gasteiger partial charge in [0.1, 0.15) is 11.3 Å². The Labute approximate surface area is 173 Å². The Morgan fingerprint density at radius 1 is 1.31 bits per heavy atom. The van der Waals surface area contributed by atoms with Crippen LogP contribution in [0.25, 0.3) is 0 Å². The standard InChI is InChI=1S/C24H34N2O3/c1-16-21-13-18-5-6-19(29-2)14-20(18)23(16,10-12-26(21)15-17-3-4-17)9-11-25-24(7-8-24)22(27)28/h5-6,14,16-17,21,25H,3-4,7-13,15H2,1-2H3,(H,27,28)/t16-,21+,23+/m0/s1. The van der Waals surface area contributed by atoms with Crippen molar-refractivity contribution < 1.29 is 14.6 Å². The van der Waals surface area contributed by atoms with Crippen LogP contribution in [0.4, 0.5) is 0 Å². The van der Waals surface area contributed by atoms with Crippen molar-refractivity contribution in [1.29, 1.82) is 0 Å². The summed E-state index contributed by atoms with van der Waals surface area (Å²) in [6, 6.07) is 7.24. The van der Waals surface area contributed by atoms with Crippen molar-refractivity contribution >= 4 is 5.97 Å². The van der Waals surface area contributed by atoms with Crippen molar-refractivity contribution in [3.8, 4) is 5.75 Å². The number of hydrogen-bond acceptors (Lipinski definition) is 4. The zero-order valence-corrected chi connectivity index (χ0v) is 17.7. The third kappa shape index (κ3) is 3.27. The third-order valence-corrected chi connectivity index (χ3v) is 8.43. The molecule has 3 fully saturated rings. The Hall–Kier alpha value is -1.59. The van der Waals surface area contributed by atoms with Crippen molar-refractivity contribution in [2.45, 2.75) is 68.9 Å². The van der Waals surface area contributed by atoms with Gasteiger partial charge in [-0.1, -0.05) is 13.0 Å². The number of ether oxygens (including phenoxy) is 1. The van der Waals surface area contributed by atoms with Crippen LogP contribution in [0.1, 0.15) is 56.6 Å². The molecule has 4 aliphatic rings. The van der Waals surface area contributed by atoms with Gasteiger partial charge in [0.2, 0.25) is 0 Å². The van der Waals surface area contributed by atoms with Gasteiger partial charge in [-0.25, -0.2) is 0 Å². The predicted molar refractivity (Wildman–Crippen MR) is 112 cm³/mol. The number of fused-ring (bicyclic) bond motifs is 4. The topological polar surface area (TPSA) is 61.8 Å². The number of piperidine rings is 1. The molecule has 3 atom stereocenters. The summed E-state index contributed by atoms with van der Waals surface area (Å²) in [5.74, 6) is 1.73. The molecule has 5 rings (SSSR count). The maximum Gasteiger partial charge on any atom is 0.323 e. The number of rotatable bonds is 8. The summed E-state index contributed by atoms with van der Waals surface area (Å²) in [5, 5.41) is 12.9. The smallest absolute Gasteiger partial charge is 0.323 e. The summed E-state index contributed by atoms with van der Waals surface area (Å²) in [7, 11) is 1.74. The Kier molecular flexibility index (Phi) is 4.67. The minimum absolute atomic E-state index is 0.106. The maximum absolute atomic E-state index is 11.6. The van der Waals surface area contributed by atoms with Gasteiger partial charge in [0, 0.05) is 18.0 Å². The second kappa shape index (κ2) is 6.98. The van der Waals surface area contributed by atoms with E-state index in [9.17, 15) is 9.90 Å². The van der Waals surface area contributed by atoms with E-state index in [0.717, 1.165) is 56.9 Å². The highest BCUT2D eigenvalue weighted by Gasteiger charge is 2.53. The molecule has 158 valence electrons. The lowest BCUT2D eigenvalue weighted by Crippen LogP contribution is -2.60. The van der Waals surface area contributed by atoms with Gasteiger partial charge in [-0.05, 0) is 93.1 Å². The second-order valence-electron chi connectivity index (χ2n) is 9.99. The lowest BCUT2D eigenvalue weighted by atomic mass is 9.56. The number of carboxylic acid groups (broad SMARTS) is 1. The van der Waals surface area contributed by atoms with Crippen molar-refractivity contribution in [3.05, 3.63) is 29.3 Å². The first kappa shape index (κ1) is 19.4. The molecule has 1 heterocycles. The number of nitrogens with one attached hydrogen (secondary N) is 1. The molecule has 0 unspecified atom stereocenters. The number of carbonyl (C=O) groups is 1. The minimum atomic E-state index is -0.689. The lowest BCUT2D eigenvalue weighted by Gasteiger charge is -2.56. The Morgan fingerprint density at radius 3 is 2.76 bits per heavy atom. The first-order valence-electron chi connectivity index (χ1n) is 11.4. The number of hydrogen-bond donors (Lipinski definition) is 2. The van der Waals surface area contributed by atoms with Crippen LogP contribution in [-0.4, -0.2) is 54.3 Å². The van der Waals surface area contributed by atoms with E-state index in [1.54, 1.807) is 7.11 Å². The summed E-state index contributed by atoms with van der Waals surface area (Å²) in [4.78, 5) is 14.4. The molecule has 0 amide bonds. The largest absolute Gasteiger partial charge is 0.497 e. The molecular weight excluding hydrogens is 364 g/mol. The molecule has 1 aromatic carbocycles. The van der Waals surface area contributed by atoms with E-state index in [4.69, 9.17) is 4.74 Å². The molecular formula is C24H34N2O3. The Balaban J connectivity index is 1.43. The number of carboxylic acids is 1. The highest BCUT2D eigenvalue weighted by molar-refractivity contribution is 5.82. The van der Waals surface area contributed by atoms with Gasteiger partial charge >= 0.3 is 5.97 Å². The molecule has 2 N–H and O–H groups in total. The molecule has 5 nitrogen and oxygen atoms in total. The molecule has 0 aromatic heterocycles. The SMILES string of the molecule is COc1ccc2c(c1)[C@]1(CCNC3(C(=O)O)CC3)CCN(CC3CC3)[C@H](C2)[C@@H]1C. The van der Waals surface area contributed by atoms with Crippen LogP contribution >= 0.6 is 0 Å². The van der Waals surface area contributed by atoms with Crippen molar-refractivity contribution in [1.82, 2.24) is 10.2 Å². The summed E-state index contributed by atoms with van der Waals surface area (Å²) in [6.07, 6.45) is 7.59. The van der Waals surface area contributed by atoms with Crippen molar-refractivity contribution in [3.63, 3.8) is 0 Å². The highest BCUT2D eigenvalue weighted by Crippen LogP contribution is 2.52. The Morgan fingerprint density at radius 2 is 2.10 bits per heavy atom. The van der Waals surface area contributed by atoms with Gasteiger partial charge in [0.15, 0.2) is 0 Å².